The lowest BCUT2D eigenvalue weighted by molar-refractivity contribution is -0.132. The number of amides is 1. The van der Waals surface area contributed by atoms with Crippen molar-refractivity contribution in [2.75, 3.05) is 44.3 Å². The van der Waals surface area contributed by atoms with E-state index in [-0.39, 0.29) is 35.1 Å². The van der Waals surface area contributed by atoms with Gasteiger partial charge in [0.25, 0.3) is 5.56 Å². The molecule has 1 aliphatic heterocycles. The SMILES string of the molecule is CC(COCCC(=O)N1CCN(c2ccc(C#N)cn2)CC1)Oc1cn[nH]c(=O)c1Br. The number of hydrogen-bond donors (Lipinski definition) is 1. The number of H-pyrrole nitrogens is 1. The fourth-order valence-electron chi connectivity index (χ4n) is 3.09. The fourth-order valence-corrected chi connectivity index (χ4v) is 3.38. The summed E-state index contributed by atoms with van der Waals surface area (Å²) in [6.07, 6.45) is 2.95. The molecule has 2 aromatic rings. The minimum absolute atomic E-state index is 0.0440. The molecule has 1 saturated heterocycles. The number of nitrogens with zero attached hydrogens (tertiary/aromatic N) is 5. The molecular formula is C20H23BrN6O4. The summed E-state index contributed by atoms with van der Waals surface area (Å²) in [6.45, 7) is 4.99. The summed E-state index contributed by atoms with van der Waals surface area (Å²) in [5.74, 6) is 1.19. The summed E-state index contributed by atoms with van der Waals surface area (Å²) in [7, 11) is 0. The van der Waals surface area contributed by atoms with Crippen LogP contribution in [0.3, 0.4) is 0 Å². The van der Waals surface area contributed by atoms with Crippen LogP contribution in [0.25, 0.3) is 0 Å². The van der Waals surface area contributed by atoms with Gasteiger partial charge in [-0.1, -0.05) is 0 Å². The third-order valence-electron chi connectivity index (χ3n) is 4.74. The molecule has 10 nitrogen and oxygen atoms in total. The smallest absolute Gasteiger partial charge is 0.282 e. The highest BCUT2D eigenvalue weighted by molar-refractivity contribution is 9.10. The lowest BCUT2D eigenvalue weighted by atomic mass is 10.2. The van der Waals surface area contributed by atoms with Crippen molar-refractivity contribution in [3.63, 3.8) is 0 Å². The number of ether oxygens (including phenoxy) is 2. The van der Waals surface area contributed by atoms with Gasteiger partial charge in [0.1, 0.15) is 22.5 Å². The molecule has 1 amide bonds. The summed E-state index contributed by atoms with van der Waals surface area (Å²) >= 11 is 3.16. The molecule has 0 bridgehead atoms. The third kappa shape index (κ3) is 6.26. The number of rotatable bonds is 8. The van der Waals surface area contributed by atoms with Crippen LogP contribution in [0.15, 0.2) is 33.8 Å². The molecule has 0 radical (unpaired) electrons. The molecule has 164 valence electrons. The maximum Gasteiger partial charge on any atom is 0.282 e. The average molecular weight is 491 g/mol. The largest absolute Gasteiger partial charge is 0.485 e. The van der Waals surface area contributed by atoms with E-state index in [0.29, 0.717) is 44.1 Å². The first-order valence-electron chi connectivity index (χ1n) is 9.84. The van der Waals surface area contributed by atoms with Crippen LogP contribution in [0.4, 0.5) is 5.82 Å². The molecule has 31 heavy (non-hydrogen) atoms. The van der Waals surface area contributed by atoms with E-state index >= 15 is 0 Å². The number of aromatic amines is 1. The average Bonchev–Trinajstić information content (AvgIpc) is 2.80. The number of hydrogen-bond acceptors (Lipinski definition) is 8. The zero-order chi connectivity index (χ0) is 22.2. The number of piperazine rings is 1. The van der Waals surface area contributed by atoms with Crippen molar-refractivity contribution in [1.29, 1.82) is 5.26 Å². The van der Waals surface area contributed by atoms with E-state index in [1.54, 1.807) is 12.3 Å². The fraction of sp³-hybridized carbons (Fsp3) is 0.450. The van der Waals surface area contributed by atoms with Crippen LogP contribution in [-0.2, 0) is 9.53 Å². The number of aromatic nitrogens is 3. The Bertz CT molecular complexity index is 982. The Kier molecular flexibility index (Phi) is 7.97. The minimum Gasteiger partial charge on any atom is -0.485 e. The molecule has 0 aliphatic carbocycles. The Morgan fingerprint density at radius 1 is 1.32 bits per heavy atom. The molecule has 1 atom stereocenters. The molecule has 1 aliphatic rings. The maximum absolute atomic E-state index is 12.4. The molecule has 1 N–H and O–H groups in total. The van der Waals surface area contributed by atoms with Gasteiger partial charge in [0.15, 0.2) is 5.75 Å². The van der Waals surface area contributed by atoms with Gasteiger partial charge in [0, 0.05) is 32.4 Å². The molecule has 3 heterocycles. The van der Waals surface area contributed by atoms with Crippen LogP contribution in [0, 0.1) is 11.3 Å². The van der Waals surface area contributed by atoms with Crippen LogP contribution in [-0.4, -0.2) is 71.5 Å². The Balaban J connectivity index is 1.35. The minimum atomic E-state index is -0.369. The second-order valence-electron chi connectivity index (χ2n) is 7.02. The summed E-state index contributed by atoms with van der Waals surface area (Å²) in [5, 5.41) is 14.9. The predicted octanol–water partition coefficient (Wildman–Crippen LogP) is 1.32. The maximum atomic E-state index is 12.4. The van der Waals surface area contributed by atoms with Gasteiger partial charge in [-0.2, -0.15) is 10.4 Å². The first kappa shape index (κ1) is 22.7. The molecule has 0 aromatic carbocycles. The molecular weight excluding hydrogens is 468 g/mol. The zero-order valence-electron chi connectivity index (χ0n) is 17.1. The first-order chi connectivity index (χ1) is 15.0. The number of carbonyl (C=O) groups is 1. The van der Waals surface area contributed by atoms with E-state index in [9.17, 15) is 9.59 Å². The summed E-state index contributed by atoms with van der Waals surface area (Å²) in [6, 6.07) is 5.62. The van der Waals surface area contributed by atoms with Crippen LogP contribution >= 0.6 is 15.9 Å². The Morgan fingerprint density at radius 3 is 2.77 bits per heavy atom. The van der Waals surface area contributed by atoms with E-state index in [0.717, 1.165) is 5.82 Å². The van der Waals surface area contributed by atoms with Crippen molar-refractivity contribution < 1.29 is 14.3 Å². The normalized spacial score (nSPS) is 14.7. The zero-order valence-corrected chi connectivity index (χ0v) is 18.7. The van der Waals surface area contributed by atoms with Crippen LogP contribution in [0.5, 0.6) is 5.75 Å². The van der Waals surface area contributed by atoms with Crippen molar-refractivity contribution in [3.8, 4) is 11.8 Å². The van der Waals surface area contributed by atoms with Gasteiger partial charge in [0.05, 0.1) is 31.4 Å². The van der Waals surface area contributed by atoms with E-state index in [1.165, 1.54) is 6.20 Å². The second kappa shape index (κ2) is 10.9. The van der Waals surface area contributed by atoms with E-state index in [2.05, 4.69) is 42.1 Å². The third-order valence-corrected chi connectivity index (χ3v) is 5.49. The summed E-state index contributed by atoms with van der Waals surface area (Å²) in [5.41, 5.74) is 0.158. The Labute approximate surface area is 187 Å². The number of anilines is 1. The topological polar surface area (TPSA) is 124 Å². The Hall–Kier alpha value is -2.97. The second-order valence-corrected chi connectivity index (χ2v) is 7.81. The quantitative estimate of drug-likeness (QED) is 0.549. The highest BCUT2D eigenvalue weighted by atomic mass is 79.9. The highest BCUT2D eigenvalue weighted by Crippen LogP contribution is 2.19. The predicted molar refractivity (Wildman–Crippen MR) is 116 cm³/mol. The molecule has 3 rings (SSSR count). The molecule has 11 heteroatoms. The number of carbonyl (C=O) groups excluding carboxylic acids is 1. The van der Waals surface area contributed by atoms with Crippen molar-refractivity contribution in [2.45, 2.75) is 19.4 Å². The van der Waals surface area contributed by atoms with Gasteiger partial charge >= 0.3 is 0 Å². The summed E-state index contributed by atoms with van der Waals surface area (Å²) < 4.78 is 11.5. The number of nitrogens with one attached hydrogen (secondary N) is 1. The standard InChI is InChI=1S/C20H23BrN6O4/c1-14(31-16-12-24-25-20(29)19(16)21)13-30-9-4-18(28)27-7-5-26(6-8-27)17-3-2-15(10-22)11-23-17/h2-3,11-12,14H,4-9,13H2,1H3,(H,25,29). The van der Waals surface area contributed by atoms with Crippen LogP contribution in [0.1, 0.15) is 18.9 Å². The molecule has 2 aromatic heterocycles. The van der Waals surface area contributed by atoms with Gasteiger partial charge in [-0.15, -0.1) is 0 Å². The van der Waals surface area contributed by atoms with Crippen molar-refractivity contribution >= 4 is 27.7 Å². The van der Waals surface area contributed by atoms with Gasteiger partial charge in [-0.05, 0) is 35.0 Å². The van der Waals surface area contributed by atoms with Gasteiger partial charge in [-0.3, -0.25) is 9.59 Å². The van der Waals surface area contributed by atoms with Gasteiger partial charge in [-0.25, -0.2) is 10.1 Å². The molecule has 1 fully saturated rings. The van der Waals surface area contributed by atoms with Gasteiger partial charge < -0.3 is 19.3 Å². The molecule has 0 spiro atoms. The monoisotopic (exact) mass is 490 g/mol. The molecule has 1 unspecified atom stereocenters. The van der Waals surface area contributed by atoms with E-state index in [1.807, 2.05) is 17.9 Å². The number of pyridine rings is 1. The highest BCUT2D eigenvalue weighted by Gasteiger charge is 2.21. The van der Waals surface area contributed by atoms with Crippen LogP contribution < -0.4 is 15.2 Å². The number of nitriles is 1. The van der Waals surface area contributed by atoms with E-state index in [4.69, 9.17) is 14.7 Å². The van der Waals surface area contributed by atoms with Crippen molar-refractivity contribution in [2.24, 2.45) is 0 Å². The Morgan fingerprint density at radius 2 is 2.10 bits per heavy atom. The van der Waals surface area contributed by atoms with Crippen LogP contribution in [0.2, 0.25) is 0 Å². The number of halogens is 1. The summed E-state index contributed by atoms with van der Waals surface area (Å²) in [4.78, 5) is 32.2. The molecule has 0 saturated carbocycles. The first-order valence-corrected chi connectivity index (χ1v) is 10.6. The van der Waals surface area contributed by atoms with E-state index < -0.39 is 0 Å². The lowest BCUT2D eigenvalue weighted by Crippen LogP contribution is -2.49. The van der Waals surface area contributed by atoms with Crippen molar-refractivity contribution in [3.05, 3.63) is 44.9 Å². The lowest BCUT2D eigenvalue weighted by Gasteiger charge is -2.35. The van der Waals surface area contributed by atoms with Gasteiger partial charge in [0.2, 0.25) is 5.91 Å². The van der Waals surface area contributed by atoms with Crippen molar-refractivity contribution in [1.82, 2.24) is 20.1 Å².